The van der Waals surface area contributed by atoms with Crippen LogP contribution >= 0.6 is 0 Å². The Morgan fingerprint density at radius 3 is 2.29 bits per heavy atom. The molecule has 0 aliphatic heterocycles. The number of Topliss-reactive ketones (excluding diaryl/α,β-unsaturated/α-hetero) is 2. The van der Waals surface area contributed by atoms with Crippen LogP contribution in [0.1, 0.15) is 63.9 Å². The van der Waals surface area contributed by atoms with Gasteiger partial charge in [0.1, 0.15) is 11.6 Å². The van der Waals surface area contributed by atoms with Gasteiger partial charge < -0.3 is 5.32 Å². The molecule has 0 bridgehead atoms. The van der Waals surface area contributed by atoms with Crippen LogP contribution in [-0.2, 0) is 16.0 Å². The van der Waals surface area contributed by atoms with Gasteiger partial charge in [0.25, 0.3) is 0 Å². The standard InChI is InChI=1S/C21H33NO2/c1-18(23)20(17-19-11-7-6-8-12-19)14-15-21(24)13-9-4-3-5-10-16-22-2/h6-8,11-12,20,22H,3-5,9-10,13-17H2,1-2H3. The summed E-state index contributed by atoms with van der Waals surface area (Å²) >= 11 is 0. The summed E-state index contributed by atoms with van der Waals surface area (Å²) in [6.45, 7) is 2.72. The van der Waals surface area contributed by atoms with E-state index in [9.17, 15) is 9.59 Å². The van der Waals surface area contributed by atoms with Crippen molar-refractivity contribution >= 4 is 11.6 Å². The minimum atomic E-state index is -0.0297. The lowest BCUT2D eigenvalue weighted by Gasteiger charge is -2.13. The fourth-order valence-electron chi connectivity index (χ4n) is 2.96. The minimum Gasteiger partial charge on any atom is -0.320 e. The average Bonchev–Trinajstić information content (AvgIpc) is 2.58. The number of benzene rings is 1. The lowest BCUT2D eigenvalue weighted by molar-refractivity contribution is -0.122. The lowest BCUT2D eigenvalue weighted by atomic mass is 9.90. The molecule has 1 aromatic rings. The highest BCUT2D eigenvalue weighted by Crippen LogP contribution is 2.17. The van der Waals surface area contributed by atoms with E-state index in [0.717, 1.165) is 25.8 Å². The fourth-order valence-corrected chi connectivity index (χ4v) is 2.96. The second kappa shape index (κ2) is 12.9. The van der Waals surface area contributed by atoms with Gasteiger partial charge in [-0.2, -0.15) is 0 Å². The molecule has 1 unspecified atom stereocenters. The Kier molecular flexibility index (Phi) is 11.0. The van der Waals surface area contributed by atoms with Crippen LogP contribution < -0.4 is 5.32 Å². The molecule has 3 nitrogen and oxygen atoms in total. The second-order valence-electron chi connectivity index (χ2n) is 6.70. The maximum absolute atomic E-state index is 12.0. The first-order chi connectivity index (χ1) is 11.6. The fraction of sp³-hybridized carbons (Fsp3) is 0.619. The zero-order chi connectivity index (χ0) is 17.6. The lowest BCUT2D eigenvalue weighted by Crippen LogP contribution is -2.15. The molecular weight excluding hydrogens is 298 g/mol. The third-order valence-corrected chi connectivity index (χ3v) is 4.55. The number of unbranched alkanes of at least 4 members (excludes halogenated alkanes) is 4. The molecule has 3 heteroatoms. The molecule has 24 heavy (non-hydrogen) atoms. The van der Waals surface area contributed by atoms with Crippen LogP contribution in [0, 0.1) is 5.92 Å². The van der Waals surface area contributed by atoms with E-state index in [0.29, 0.717) is 25.0 Å². The first kappa shape index (κ1) is 20.6. The van der Waals surface area contributed by atoms with Crippen LogP contribution in [0.25, 0.3) is 0 Å². The highest BCUT2D eigenvalue weighted by Gasteiger charge is 2.16. The molecule has 0 heterocycles. The molecule has 0 spiro atoms. The molecule has 1 atom stereocenters. The summed E-state index contributed by atoms with van der Waals surface area (Å²) in [5.41, 5.74) is 1.17. The SMILES string of the molecule is CNCCCCCCCC(=O)CCC(Cc1ccccc1)C(C)=O. The Balaban J connectivity index is 2.19. The molecule has 0 aliphatic carbocycles. The molecule has 1 aromatic carbocycles. The van der Waals surface area contributed by atoms with Crippen LogP contribution in [0.4, 0.5) is 0 Å². The van der Waals surface area contributed by atoms with Crippen molar-refractivity contribution in [1.29, 1.82) is 0 Å². The van der Waals surface area contributed by atoms with Gasteiger partial charge in [-0.25, -0.2) is 0 Å². The first-order valence-electron chi connectivity index (χ1n) is 9.34. The summed E-state index contributed by atoms with van der Waals surface area (Å²) in [5.74, 6) is 0.471. The van der Waals surface area contributed by atoms with Gasteiger partial charge in [0.05, 0.1) is 0 Å². The van der Waals surface area contributed by atoms with Crippen LogP contribution in [0.5, 0.6) is 0 Å². The van der Waals surface area contributed by atoms with E-state index < -0.39 is 0 Å². The van der Waals surface area contributed by atoms with E-state index in [2.05, 4.69) is 5.32 Å². The van der Waals surface area contributed by atoms with Crippen LogP contribution in [0.3, 0.4) is 0 Å². The van der Waals surface area contributed by atoms with Crippen LogP contribution in [0.15, 0.2) is 30.3 Å². The molecule has 0 radical (unpaired) electrons. The number of hydrogen-bond acceptors (Lipinski definition) is 3. The Labute approximate surface area is 147 Å². The summed E-state index contributed by atoms with van der Waals surface area (Å²) in [4.78, 5) is 23.9. The first-order valence-corrected chi connectivity index (χ1v) is 9.34. The van der Waals surface area contributed by atoms with Crippen molar-refractivity contribution in [3.8, 4) is 0 Å². The minimum absolute atomic E-state index is 0.0297. The summed E-state index contributed by atoms with van der Waals surface area (Å²) in [5, 5.41) is 3.15. The monoisotopic (exact) mass is 331 g/mol. The molecule has 0 fully saturated rings. The summed E-state index contributed by atoms with van der Waals surface area (Å²) in [7, 11) is 1.98. The second-order valence-corrected chi connectivity index (χ2v) is 6.70. The number of nitrogens with one attached hydrogen (secondary N) is 1. The van der Waals surface area contributed by atoms with E-state index in [1.807, 2.05) is 37.4 Å². The number of hydrogen-bond donors (Lipinski definition) is 1. The van der Waals surface area contributed by atoms with Gasteiger partial charge in [-0.15, -0.1) is 0 Å². The zero-order valence-corrected chi connectivity index (χ0v) is 15.4. The van der Waals surface area contributed by atoms with Gasteiger partial charge in [0, 0.05) is 18.8 Å². The number of carbonyl (C=O) groups excluding carboxylic acids is 2. The third-order valence-electron chi connectivity index (χ3n) is 4.55. The van der Waals surface area contributed by atoms with E-state index in [1.165, 1.54) is 24.8 Å². The third kappa shape index (κ3) is 9.61. The quantitative estimate of drug-likeness (QED) is 0.516. The van der Waals surface area contributed by atoms with Crippen molar-refractivity contribution in [3.63, 3.8) is 0 Å². The normalized spacial score (nSPS) is 12.1. The molecule has 1 rings (SSSR count). The summed E-state index contributed by atoms with van der Waals surface area (Å²) in [6.07, 6.45) is 8.41. The number of carbonyl (C=O) groups is 2. The van der Waals surface area contributed by atoms with Crippen LogP contribution in [-0.4, -0.2) is 25.2 Å². The molecule has 0 saturated heterocycles. The molecular formula is C21H33NO2. The van der Waals surface area contributed by atoms with Crippen molar-refractivity contribution in [2.24, 2.45) is 5.92 Å². The van der Waals surface area contributed by atoms with Crippen molar-refractivity contribution in [2.45, 2.75) is 64.7 Å². The van der Waals surface area contributed by atoms with Crippen molar-refractivity contribution in [2.75, 3.05) is 13.6 Å². The molecule has 134 valence electrons. The Morgan fingerprint density at radius 2 is 1.62 bits per heavy atom. The van der Waals surface area contributed by atoms with Crippen LogP contribution in [0.2, 0.25) is 0 Å². The maximum atomic E-state index is 12.0. The van der Waals surface area contributed by atoms with Gasteiger partial charge in [0.2, 0.25) is 0 Å². The smallest absolute Gasteiger partial charge is 0.133 e. The predicted molar refractivity (Wildman–Crippen MR) is 100 cm³/mol. The van der Waals surface area contributed by atoms with Gasteiger partial charge in [0.15, 0.2) is 0 Å². The molecule has 0 aromatic heterocycles. The van der Waals surface area contributed by atoms with E-state index in [-0.39, 0.29) is 11.7 Å². The molecule has 0 aliphatic rings. The number of ketones is 2. The Hall–Kier alpha value is -1.48. The summed E-state index contributed by atoms with van der Waals surface area (Å²) < 4.78 is 0. The van der Waals surface area contributed by atoms with E-state index >= 15 is 0 Å². The summed E-state index contributed by atoms with van der Waals surface area (Å²) in [6, 6.07) is 10.1. The molecule has 0 saturated carbocycles. The predicted octanol–water partition coefficient (Wildman–Crippen LogP) is 4.34. The zero-order valence-electron chi connectivity index (χ0n) is 15.4. The van der Waals surface area contributed by atoms with Gasteiger partial charge in [-0.3, -0.25) is 9.59 Å². The van der Waals surface area contributed by atoms with E-state index in [4.69, 9.17) is 0 Å². The molecule has 1 N–H and O–H groups in total. The topological polar surface area (TPSA) is 46.2 Å². The van der Waals surface area contributed by atoms with Gasteiger partial charge in [-0.05, 0) is 51.8 Å². The average molecular weight is 332 g/mol. The van der Waals surface area contributed by atoms with Crippen molar-refractivity contribution in [3.05, 3.63) is 35.9 Å². The largest absolute Gasteiger partial charge is 0.320 e. The number of rotatable bonds is 14. The Morgan fingerprint density at radius 1 is 0.958 bits per heavy atom. The van der Waals surface area contributed by atoms with Gasteiger partial charge in [-0.1, -0.05) is 49.6 Å². The van der Waals surface area contributed by atoms with E-state index in [1.54, 1.807) is 6.92 Å². The highest BCUT2D eigenvalue weighted by molar-refractivity contribution is 5.81. The Bertz CT molecular complexity index is 470. The van der Waals surface area contributed by atoms with Crippen molar-refractivity contribution < 1.29 is 9.59 Å². The van der Waals surface area contributed by atoms with Gasteiger partial charge >= 0.3 is 0 Å². The molecule has 0 amide bonds. The van der Waals surface area contributed by atoms with Crippen molar-refractivity contribution in [1.82, 2.24) is 5.32 Å². The maximum Gasteiger partial charge on any atom is 0.133 e. The highest BCUT2D eigenvalue weighted by atomic mass is 16.1.